The molecule has 1 aliphatic carbocycles. The van der Waals surface area contributed by atoms with Gasteiger partial charge in [0.1, 0.15) is 5.75 Å². The minimum absolute atomic E-state index is 1.03. The summed E-state index contributed by atoms with van der Waals surface area (Å²) in [4.78, 5) is 0. The van der Waals surface area contributed by atoms with E-state index in [1.807, 2.05) is 12.1 Å². The van der Waals surface area contributed by atoms with E-state index in [0.29, 0.717) is 0 Å². The van der Waals surface area contributed by atoms with E-state index in [0.717, 1.165) is 5.75 Å². The lowest BCUT2D eigenvalue weighted by Gasteiger charge is -2.12. The molecule has 0 aliphatic heterocycles. The quantitative estimate of drug-likeness (QED) is 0.670. The Labute approximate surface area is 79.7 Å². The molecular formula is C12H15O. The number of benzene rings is 1. The second-order valence-electron chi connectivity index (χ2n) is 3.51. The lowest BCUT2D eigenvalue weighted by atomic mass is 9.97. The van der Waals surface area contributed by atoms with Crippen LogP contribution in [0, 0.1) is 5.92 Å². The second kappa shape index (κ2) is 3.82. The first-order valence-electron chi connectivity index (χ1n) is 4.90. The normalized spacial score (nSPS) is 17.6. The standard InChI is InChI=1S/C12H15O/c1-13-12-9-5-4-8-11(12)10-6-2-3-7-10/h4-5,8-9H,2-3,6-7H2,1H3. The summed E-state index contributed by atoms with van der Waals surface area (Å²) in [7, 11) is 1.74. The summed E-state index contributed by atoms with van der Waals surface area (Å²) in [5, 5.41) is 0. The maximum absolute atomic E-state index is 5.34. The lowest BCUT2D eigenvalue weighted by molar-refractivity contribution is 0.410. The van der Waals surface area contributed by atoms with Crippen LogP contribution in [0.4, 0.5) is 0 Å². The Kier molecular flexibility index (Phi) is 2.53. The Morgan fingerprint density at radius 3 is 2.46 bits per heavy atom. The summed E-state index contributed by atoms with van der Waals surface area (Å²) in [6.45, 7) is 0. The van der Waals surface area contributed by atoms with Crippen LogP contribution in [0.15, 0.2) is 24.3 Å². The Balaban J connectivity index is 2.26. The molecule has 1 aliphatic rings. The van der Waals surface area contributed by atoms with Gasteiger partial charge in [0.05, 0.1) is 7.11 Å². The predicted molar refractivity (Wildman–Crippen MR) is 53.8 cm³/mol. The van der Waals surface area contributed by atoms with Crippen LogP contribution in [-0.4, -0.2) is 7.11 Å². The van der Waals surface area contributed by atoms with E-state index >= 15 is 0 Å². The van der Waals surface area contributed by atoms with Crippen LogP contribution in [0.5, 0.6) is 5.75 Å². The monoisotopic (exact) mass is 175 g/mol. The van der Waals surface area contributed by atoms with E-state index in [9.17, 15) is 0 Å². The van der Waals surface area contributed by atoms with Crippen LogP contribution in [0.1, 0.15) is 31.2 Å². The summed E-state index contributed by atoms with van der Waals surface area (Å²) in [6.07, 6.45) is 5.18. The summed E-state index contributed by atoms with van der Waals surface area (Å²) in [5.41, 5.74) is 1.32. The van der Waals surface area contributed by atoms with Crippen LogP contribution in [0.3, 0.4) is 0 Å². The minimum Gasteiger partial charge on any atom is -0.496 e. The lowest BCUT2D eigenvalue weighted by Crippen LogP contribution is -1.97. The molecule has 0 atom stereocenters. The van der Waals surface area contributed by atoms with E-state index in [1.165, 1.54) is 31.2 Å². The molecule has 13 heavy (non-hydrogen) atoms. The molecule has 0 unspecified atom stereocenters. The molecule has 0 aromatic heterocycles. The third-order valence-electron chi connectivity index (χ3n) is 2.69. The maximum atomic E-state index is 5.34. The van der Waals surface area contributed by atoms with Crippen molar-refractivity contribution in [3.05, 3.63) is 35.7 Å². The highest BCUT2D eigenvalue weighted by Gasteiger charge is 2.20. The molecule has 0 heterocycles. The molecule has 69 valence electrons. The molecule has 1 radical (unpaired) electrons. The molecule has 0 saturated heterocycles. The average Bonchev–Trinajstić information content (AvgIpc) is 2.70. The van der Waals surface area contributed by atoms with Gasteiger partial charge in [-0.15, -0.1) is 0 Å². The van der Waals surface area contributed by atoms with Crippen molar-refractivity contribution in [1.82, 2.24) is 0 Å². The Hall–Kier alpha value is -0.980. The van der Waals surface area contributed by atoms with Gasteiger partial charge in [-0.05, 0) is 18.9 Å². The molecule has 1 aromatic carbocycles. The Bertz CT molecular complexity index is 274. The van der Waals surface area contributed by atoms with Crippen LogP contribution < -0.4 is 4.74 Å². The van der Waals surface area contributed by atoms with Crippen molar-refractivity contribution in [1.29, 1.82) is 0 Å². The van der Waals surface area contributed by atoms with Gasteiger partial charge < -0.3 is 4.74 Å². The highest BCUT2D eigenvalue weighted by Crippen LogP contribution is 2.37. The highest BCUT2D eigenvalue weighted by molar-refractivity contribution is 5.43. The molecule has 0 N–H and O–H groups in total. The van der Waals surface area contributed by atoms with Gasteiger partial charge in [-0.2, -0.15) is 0 Å². The summed E-state index contributed by atoms with van der Waals surface area (Å²) < 4.78 is 5.34. The molecule has 1 aromatic rings. The molecular weight excluding hydrogens is 160 g/mol. The van der Waals surface area contributed by atoms with Crippen LogP contribution in [0.25, 0.3) is 0 Å². The Morgan fingerprint density at radius 2 is 1.77 bits per heavy atom. The summed E-state index contributed by atoms with van der Waals surface area (Å²) in [5.74, 6) is 2.59. The number of rotatable bonds is 2. The van der Waals surface area contributed by atoms with E-state index in [4.69, 9.17) is 4.74 Å². The summed E-state index contributed by atoms with van der Waals surface area (Å²) >= 11 is 0. The largest absolute Gasteiger partial charge is 0.496 e. The zero-order valence-corrected chi connectivity index (χ0v) is 8.05. The van der Waals surface area contributed by atoms with Crippen molar-refractivity contribution < 1.29 is 4.74 Å². The SMILES string of the molecule is COc1ccccc1[C]1CCCC1. The van der Waals surface area contributed by atoms with Gasteiger partial charge in [0, 0.05) is 11.5 Å². The fourth-order valence-electron chi connectivity index (χ4n) is 2.01. The zero-order chi connectivity index (χ0) is 9.10. The predicted octanol–water partition coefficient (Wildman–Crippen LogP) is 3.19. The molecule has 0 amide bonds. The van der Waals surface area contributed by atoms with Gasteiger partial charge in [0.15, 0.2) is 0 Å². The van der Waals surface area contributed by atoms with Crippen LogP contribution in [0.2, 0.25) is 0 Å². The number of para-hydroxylation sites is 1. The molecule has 2 rings (SSSR count). The first kappa shape index (κ1) is 8.61. The Morgan fingerprint density at radius 1 is 1.08 bits per heavy atom. The molecule has 0 bridgehead atoms. The molecule has 1 heteroatoms. The van der Waals surface area contributed by atoms with Gasteiger partial charge in [0.25, 0.3) is 0 Å². The second-order valence-corrected chi connectivity index (χ2v) is 3.51. The fourth-order valence-corrected chi connectivity index (χ4v) is 2.01. The first-order valence-corrected chi connectivity index (χ1v) is 4.90. The number of hydrogen-bond acceptors (Lipinski definition) is 1. The third-order valence-corrected chi connectivity index (χ3v) is 2.69. The average molecular weight is 175 g/mol. The first-order chi connectivity index (χ1) is 6.42. The van der Waals surface area contributed by atoms with Crippen molar-refractivity contribution in [3.8, 4) is 5.75 Å². The smallest absolute Gasteiger partial charge is 0.122 e. The minimum atomic E-state index is 1.03. The van der Waals surface area contributed by atoms with Crippen molar-refractivity contribution in [2.45, 2.75) is 25.7 Å². The molecule has 1 fully saturated rings. The van der Waals surface area contributed by atoms with Crippen LogP contribution in [-0.2, 0) is 0 Å². The number of methoxy groups -OCH3 is 1. The van der Waals surface area contributed by atoms with Crippen molar-refractivity contribution in [3.63, 3.8) is 0 Å². The van der Waals surface area contributed by atoms with Gasteiger partial charge in [0.2, 0.25) is 0 Å². The van der Waals surface area contributed by atoms with Crippen molar-refractivity contribution in [2.75, 3.05) is 7.11 Å². The topological polar surface area (TPSA) is 9.23 Å². The third kappa shape index (κ3) is 1.69. The molecule has 0 spiro atoms. The van der Waals surface area contributed by atoms with E-state index in [-0.39, 0.29) is 0 Å². The van der Waals surface area contributed by atoms with E-state index < -0.39 is 0 Å². The molecule has 1 nitrogen and oxygen atoms in total. The number of hydrogen-bond donors (Lipinski definition) is 0. The van der Waals surface area contributed by atoms with E-state index in [2.05, 4.69) is 12.1 Å². The highest BCUT2D eigenvalue weighted by atomic mass is 16.5. The maximum Gasteiger partial charge on any atom is 0.122 e. The van der Waals surface area contributed by atoms with Gasteiger partial charge in [-0.25, -0.2) is 0 Å². The fraction of sp³-hybridized carbons (Fsp3) is 0.417. The van der Waals surface area contributed by atoms with E-state index in [1.54, 1.807) is 13.0 Å². The molecule has 1 saturated carbocycles. The van der Waals surface area contributed by atoms with Crippen molar-refractivity contribution >= 4 is 0 Å². The summed E-state index contributed by atoms with van der Waals surface area (Å²) in [6, 6.07) is 8.32. The van der Waals surface area contributed by atoms with Crippen LogP contribution >= 0.6 is 0 Å². The number of ether oxygens (including phenoxy) is 1. The van der Waals surface area contributed by atoms with Gasteiger partial charge >= 0.3 is 0 Å². The zero-order valence-electron chi connectivity index (χ0n) is 8.05. The van der Waals surface area contributed by atoms with Crippen molar-refractivity contribution in [2.24, 2.45) is 0 Å². The van der Waals surface area contributed by atoms with Gasteiger partial charge in [-0.1, -0.05) is 31.0 Å². The van der Waals surface area contributed by atoms with Gasteiger partial charge in [-0.3, -0.25) is 0 Å².